The van der Waals surface area contributed by atoms with Gasteiger partial charge in [-0.2, -0.15) is 0 Å². The fraction of sp³-hybridized carbons (Fsp3) is 0.227. The molecule has 2 aromatic rings. The normalized spacial score (nSPS) is 16.4. The summed E-state index contributed by atoms with van der Waals surface area (Å²) in [5.41, 5.74) is 0.885. The van der Waals surface area contributed by atoms with Gasteiger partial charge in [0.15, 0.2) is 16.6 Å². The van der Waals surface area contributed by atoms with E-state index in [9.17, 15) is 9.59 Å². The Morgan fingerprint density at radius 3 is 2.48 bits per heavy atom. The molecule has 0 aliphatic carbocycles. The van der Waals surface area contributed by atoms with Gasteiger partial charge in [-0.25, -0.2) is 0 Å². The van der Waals surface area contributed by atoms with Gasteiger partial charge in [0.1, 0.15) is 5.57 Å². The number of ether oxygens (including phenoxy) is 2. The maximum atomic E-state index is 13.1. The van der Waals surface area contributed by atoms with Crippen molar-refractivity contribution >= 4 is 64.1 Å². The van der Waals surface area contributed by atoms with E-state index in [1.54, 1.807) is 36.4 Å². The highest BCUT2D eigenvalue weighted by atomic mass is 35.5. The zero-order valence-electron chi connectivity index (χ0n) is 17.1. The van der Waals surface area contributed by atoms with Crippen molar-refractivity contribution in [1.82, 2.24) is 5.32 Å². The third kappa shape index (κ3) is 5.01. The van der Waals surface area contributed by atoms with Gasteiger partial charge >= 0.3 is 0 Å². The number of anilines is 1. The van der Waals surface area contributed by atoms with Crippen molar-refractivity contribution in [2.45, 2.75) is 26.4 Å². The molecule has 0 radical (unpaired) electrons. The number of hydrogen-bond donors (Lipinski definition) is 1. The Hall–Kier alpha value is -2.61. The fourth-order valence-electron chi connectivity index (χ4n) is 2.87. The summed E-state index contributed by atoms with van der Waals surface area (Å²) in [7, 11) is 1.49. The SMILES string of the molecule is CC[C@H](C)Oc1c(Cl)cc(/C=C2\C(=O)NC(=S)N(c3ccc(Cl)cc3)C2=O)cc1OC. The zero-order valence-corrected chi connectivity index (χ0v) is 19.4. The van der Waals surface area contributed by atoms with Crippen LogP contribution in [0, 0.1) is 0 Å². The standard InChI is InChI=1S/C22H20Cl2N2O4S/c1-4-12(2)30-19-17(24)10-13(11-18(19)29-3)9-16-20(27)25-22(31)26(21(16)28)15-7-5-14(23)6-8-15/h5-12H,4H2,1-3H3,(H,25,27,31)/b16-9+/t12-/m0/s1. The van der Waals surface area contributed by atoms with Crippen molar-refractivity contribution in [3.63, 3.8) is 0 Å². The highest BCUT2D eigenvalue weighted by molar-refractivity contribution is 7.80. The van der Waals surface area contributed by atoms with Crippen LogP contribution >= 0.6 is 35.4 Å². The van der Waals surface area contributed by atoms with Gasteiger partial charge in [-0.05, 0) is 73.6 Å². The van der Waals surface area contributed by atoms with Gasteiger partial charge in [-0.1, -0.05) is 30.1 Å². The van der Waals surface area contributed by atoms with Crippen molar-refractivity contribution in [3.05, 3.63) is 57.6 Å². The quantitative estimate of drug-likeness (QED) is 0.359. The summed E-state index contributed by atoms with van der Waals surface area (Å²) >= 11 is 17.5. The number of rotatable bonds is 6. The average Bonchev–Trinajstić information content (AvgIpc) is 2.73. The number of thiocarbonyl (C=S) groups is 1. The lowest BCUT2D eigenvalue weighted by Gasteiger charge is -2.29. The first-order chi connectivity index (χ1) is 14.7. The maximum Gasteiger partial charge on any atom is 0.270 e. The maximum absolute atomic E-state index is 13.1. The molecule has 0 aromatic heterocycles. The van der Waals surface area contributed by atoms with Crippen LogP contribution in [0.25, 0.3) is 6.08 Å². The minimum Gasteiger partial charge on any atom is -0.493 e. The molecule has 1 aliphatic heterocycles. The molecule has 31 heavy (non-hydrogen) atoms. The van der Waals surface area contributed by atoms with E-state index in [1.165, 1.54) is 18.1 Å². The third-order valence-corrected chi connectivity index (χ3v) is 5.46. The van der Waals surface area contributed by atoms with E-state index in [4.69, 9.17) is 44.9 Å². The van der Waals surface area contributed by atoms with Crippen molar-refractivity contribution in [2.75, 3.05) is 12.0 Å². The van der Waals surface area contributed by atoms with E-state index in [2.05, 4.69) is 5.32 Å². The Morgan fingerprint density at radius 1 is 1.19 bits per heavy atom. The zero-order chi connectivity index (χ0) is 22.7. The first kappa shape index (κ1) is 23.1. The molecule has 0 saturated carbocycles. The highest BCUT2D eigenvalue weighted by Crippen LogP contribution is 2.38. The molecule has 6 nitrogen and oxygen atoms in total. The molecule has 1 atom stereocenters. The van der Waals surface area contributed by atoms with Crippen LogP contribution in [0.4, 0.5) is 5.69 Å². The smallest absolute Gasteiger partial charge is 0.270 e. The summed E-state index contributed by atoms with van der Waals surface area (Å²) in [6, 6.07) is 9.80. The summed E-state index contributed by atoms with van der Waals surface area (Å²) in [5, 5.41) is 3.35. The van der Waals surface area contributed by atoms with Crippen molar-refractivity contribution in [2.24, 2.45) is 0 Å². The summed E-state index contributed by atoms with van der Waals surface area (Å²) in [6.45, 7) is 3.92. The van der Waals surface area contributed by atoms with Gasteiger partial charge in [0.25, 0.3) is 11.8 Å². The van der Waals surface area contributed by atoms with E-state index >= 15 is 0 Å². The highest BCUT2D eigenvalue weighted by Gasteiger charge is 2.34. The van der Waals surface area contributed by atoms with Gasteiger partial charge in [-0.15, -0.1) is 0 Å². The van der Waals surface area contributed by atoms with E-state index in [1.807, 2.05) is 13.8 Å². The van der Waals surface area contributed by atoms with Gasteiger partial charge in [0.2, 0.25) is 0 Å². The molecule has 1 aliphatic rings. The van der Waals surface area contributed by atoms with Gasteiger partial charge < -0.3 is 9.47 Å². The molecule has 0 unspecified atom stereocenters. The number of nitrogens with one attached hydrogen (secondary N) is 1. The molecule has 1 N–H and O–H groups in total. The molecular formula is C22H20Cl2N2O4S. The van der Waals surface area contributed by atoms with Crippen LogP contribution < -0.4 is 19.7 Å². The third-order valence-electron chi connectivity index (χ3n) is 4.64. The molecule has 1 fully saturated rings. The lowest BCUT2D eigenvalue weighted by Crippen LogP contribution is -2.54. The second kappa shape index (κ2) is 9.68. The topological polar surface area (TPSA) is 67.9 Å². The lowest BCUT2D eigenvalue weighted by molar-refractivity contribution is -0.122. The first-order valence-corrected chi connectivity index (χ1v) is 10.6. The number of benzene rings is 2. The minimum atomic E-state index is -0.602. The number of carbonyl (C=O) groups is 2. The number of nitrogens with zero attached hydrogens (tertiary/aromatic N) is 1. The summed E-state index contributed by atoms with van der Waals surface area (Å²) in [4.78, 5) is 26.9. The van der Waals surface area contributed by atoms with Crippen LogP contribution in [0.3, 0.4) is 0 Å². The summed E-state index contributed by atoms with van der Waals surface area (Å²) < 4.78 is 11.2. The first-order valence-electron chi connectivity index (χ1n) is 9.46. The molecule has 1 saturated heterocycles. The van der Waals surface area contributed by atoms with Crippen LogP contribution in [-0.4, -0.2) is 30.1 Å². The second-order valence-corrected chi connectivity index (χ2v) is 8.04. The lowest BCUT2D eigenvalue weighted by atomic mass is 10.1. The van der Waals surface area contributed by atoms with Crippen LogP contribution in [0.1, 0.15) is 25.8 Å². The number of halogens is 2. The van der Waals surface area contributed by atoms with Crippen LogP contribution in [0.5, 0.6) is 11.5 Å². The van der Waals surface area contributed by atoms with Gasteiger partial charge in [0.05, 0.1) is 23.9 Å². The van der Waals surface area contributed by atoms with E-state index in [0.29, 0.717) is 32.8 Å². The Balaban J connectivity index is 2.00. The summed E-state index contributed by atoms with van der Waals surface area (Å²) in [6.07, 6.45) is 2.17. The van der Waals surface area contributed by atoms with Crippen LogP contribution in [0.2, 0.25) is 10.0 Å². The van der Waals surface area contributed by atoms with Crippen molar-refractivity contribution < 1.29 is 19.1 Å². The predicted octanol–water partition coefficient (Wildman–Crippen LogP) is 5.01. The van der Waals surface area contributed by atoms with Crippen LogP contribution in [0.15, 0.2) is 42.0 Å². The minimum absolute atomic E-state index is 0.0117. The Labute approximate surface area is 195 Å². The monoisotopic (exact) mass is 478 g/mol. The van der Waals surface area contributed by atoms with Crippen LogP contribution in [-0.2, 0) is 9.59 Å². The summed E-state index contributed by atoms with van der Waals surface area (Å²) in [5.74, 6) is -0.362. The Morgan fingerprint density at radius 2 is 1.87 bits per heavy atom. The molecule has 0 bridgehead atoms. The number of carbonyl (C=O) groups excluding carboxylic acids is 2. The van der Waals surface area contributed by atoms with E-state index in [-0.39, 0.29) is 16.8 Å². The van der Waals surface area contributed by atoms with E-state index in [0.717, 1.165) is 6.42 Å². The molecule has 2 amide bonds. The number of amides is 2. The molecule has 3 rings (SSSR count). The van der Waals surface area contributed by atoms with Gasteiger partial charge in [0, 0.05) is 5.02 Å². The second-order valence-electron chi connectivity index (χ2n) is 6.81. The van der Waals surface area contributed by atoms with Crippen molar-refractivity contribution in [1.29, 1.82) is 0 Å². The molecule has 1 heterocycles. The largest absolute Gasteiger partial charge is 0.493 e. The Bertz CT molecular complexity index is 1070. The molecule has 0 spiro atoms. The molecular weight excluding hydrogens is 459 g/mol. The number of hydrogen-bond acceptors (Lipinski definition) is 5. The molecule has 162 valence electrons. The van der Waals surface area contributed by atoms with E-state index < -0.39 is 11.8 Å². The molecule has 2 aromatic carbocycles. The predicted molar refractivity (Wildman–Crippen MR) is 126 cm³/mol. The fourth-order valence-corrected chi connectivity index (χ4v) is 3.54. The Kier molecular flexibility index (Phi) is 7.20. The average molecular weight is 479 g/mol. The molecule has 9 heteroatoms. The van der Waals surface area contributed by atoms with Crippen molar-refractivity contribution in [3.8, 4) is 11.5 Å². The number of methoxy groups -OCH3 is 1. The van der Waals surface area contributed by atoms with Gasteiger partial charge in [-0.3, -0.25) is 19.8 Å².